The maximum Gasteiger partial charge on any atom is 0.349 e. The van der Waals surface area contributed by atoms with E-state index in [2.05, 4.69) is 19.9 Å². The monoisotopic (exact) mass is 248 g/mol. The fraction of sp³-hybridized carbons (Fsp3) is 0.818. The van der Waals surface area contributed by atoms with Crippen LogP contribution in [0.25, 0.3) is 0 Å². The molecule has 0 amide bonds. The molecule has 17 heavy (non-hydrogen) atoms. The average molecular weight is 248 g/mol. The minimum Gasteiger partial charge on any atom is -0.266 e. The minimum absolute atomic E-state index is 0.135. The Morgan fingerprint density at radius 2 is 1.65 bits per heavy atom. The third kappa shape index (κ3) is 5.65. The van der Waals surface area contributed by atoms with Crippen LogP contribution in [0.4, 0.5) is 0 Å². The predicted octanol–water partition coefficient (Wildman–Crippen LogP) is 2.33. The normalized spacial score (nSPS) is 13.0. The topological polar surface area (TPSA) is 71.1 Å². The lowest BCUT2D eigenvalue weighted by Gasteiger charge is -2.27. The highest BCUT2D eigenvalue weighted by Crippen LogP contribution is 2.30. The average Bonchev–Trinajstić information content (AvgIpc) is 2.32. The molecule has 1 atom stereocenters. The zero-order valence-corrected chi connectivity index (χ0v) is 10.9. The van der Waals surface area contributed by atoms with Crippen molar-refractivity contribution in [2.75, 3.05) is 0 Å². The van der Waals surface area contributed by atoms with Gasteiger partial charge in [0, 0.05) is 16.5 Å². The van der Waals surface area contributed by atoms with Crippen LogP contribution in [0.2, 0.25) is 0 Å². The maximum atomic E-state index is 11.5. The summed E-state index contributed by atoms with van der Waals surface area (Å²) in [5.74, 6) is -1.56. The molecule has 0 rings (SSSR count). The molecule has 6 nitrogen and oxygen atoms in total. The minimum atomic E-state index is -0.622. The molecule has 1 unspecified atom stereocenters. The van der Waals surface area contributed by atoms with Gasteiger partial charge in [-0.15, -0.1) is 0 Å². The second-order valence-electron chi connectivity index (χ2n) is 4.41. The van der Waals surface area contributed by atoms with Gasteiger partial charge in [0.15, 0.2) is 0 Å². The largest absolute Gasteiger partial charge is 0.349 e. The fourth-order valence-corrected chi connectivity index (χ4v) is 0.856. The van der Waals surface area contributed by atoms with Crippen LogP contribution in [-0.4, -0.2) is 11.9 Å². The van der Waals surface area contributed by atoms with Crippen LogP contribution in [0.1, 0.15) is 47.5 Å². The smallest absolute Gasteiger partial charge is 0.266 e. The van der Waals surface area contributed by atoms with E-state index in [4.69, 9.17) is 0 Å². The molecular formula is C11H20O6. The number of carbonyl (C=O) groups is 2. The van der Waals surface area contributed by atoms with Gasteiger partial charge in [0.1, 0.15) is 0 Å². The third-order valence-corrected chi connectivity index (χ3v) is 3.00. The van der Waals surface area contributed by atoms with Gasteiger partial charge in [-0.2, -0.15) is 0 Å². The van der Waals surface area contributed by atoms with Crippen molar-refractivity contribution < 1.29 is 29.4 Å². The summed E-state index contributed by atoms with van der Waals surface area (Å²) in [5, 5.41) is 8.00. The second kappa shape index (κ2) is 7.24. The molecule has 0 N–H and O–H groups in total. The van der Waals surface area contributed by atoms with E-state index < -0.39 is 11.9 Å². The zero-order valence-electron chi connectivity index (χ0n) is 10.9. The lowest BCUT2D eigenvalue weighted by molar-refractivity contribution is -0.600. The van der Waals surface area contributed by atoms with Crippen molar-refractivity contribution in [3.63, 3.8) is 0 Å². The summed E-state index contributed by atoms with van der Waals surface area (Å²) in [6.07, 6.45) is 0.950. The molecule has 0 aromatic rings. The van der Waals surface area contributed by atoms with Crippen LogP contribution >= 0.6 is 0 Å². The van der Waals surface area contributed by atoms with Gasteiger partial charge in [-0.05, 0) is 5.41 Å². The highest BCUT2D eigenvalue weighted by atomic mass is 17.7. The lowest BCUT2D eigenvalue weighted by Crippen LogP contribution is -2.29. The van der Waals surface area contributed by atoms with Gasteiger partial charge in [-0.25, -0.2) is 9.59 Å². The molecule has 100 valence electrons. The summed E-state index contributed by atoms with van der Waals surface area (Å²) in [7, 11) is 0. The molecule has 0 bridgehead atoms. The SMILES string of the molecule is CCC(=O)OOOOC(=O)C(C)C(C)(C)CC. The van der Waals surface area contributed by atoms with Crippen molar-refractivity contribution >= 4 is 11.9 Å². The van der Waals surface area contributed by atoms with Crippen molar-refractivity contribution in [3.8, 4) is 0 Å². The summed E-state index contributed by atoms with van der Waals surface area (Å²) in [4.78, 5) is 30.6. The molecule has 0 aromatic heterocycles. The first kappa shape index (κ1) is 15.9. The number of hydrogen-bond donors (Lipinski definition) is 0. The Hall–Kier alpha value is -1.14. The zero-order chi connectivity index (χ0) is 13.5. The van der Waals surface area contributed by atoms with Crippen molar-refractivity contribution in [2.45, 2.75) is 47.5 Å². The van der Waals surface area contributed by atoms with Gasteiger partial charge in [0.25, 0.3) is 0 Å². The second-order valence-corrected chi connectivity index (χ2v) is 4.41. The molecule has 0 saturated heterocycles. The Morgan fingerprint density at radius 1 is 1.12 bits per heavy atom. The van der Waals surface area contributed by atoms with E-state index >= 15 is 0 Å². The number of carbonyl (C=O) groups excluding carboxylic acids is 2. The van der Waals surface area contributed by atoms with Crippen LogP contribution in [-0.2, 0) is 29.4 Å². The van der Waals surface area contributed by atoms with E-state index in [-0.39, 0.29) is 17.8 Å². The van der Waals surface area contributed by atoms with E-state index in [1.165, 1.54) is 0 Å². The predicted molar refractivity (Wildman–Crippen MR) is 57.9 cm³/mol. The van der Waals surface area contributed by atoms with Gasteiger partial charge in [0.2, 0.25) is 0 Å². The van der Waals surface area contributed by atoms with E-state index in [0.29, 0.717) is 0 Å². The molecule has 0 aliphatic carbocycles. The maximum absolute atomic E-state index is 11.5. The number of rotatable bonds is 7. The molecule has 6 heteroatoms. The Morgan fingerprint density at radius 3 is 2.12 bits per heavy atom. The van der Waals surface area contributed by atoms with Crippen LogP contribution in [0.3, 0.4) is 0 Å². The molecule has 0 aliphatic heterocycles. The molecular weight excluding hydrogens is 228 g/mol. The Balaban J connectivity index is 3.91. The van der Waals surface area contributed by atoms with Crippen molar-refractivity contribution in [3.05, 3.63) is 0 Å². The van der Waals surface area contributed by atoms with Crippen molar-refractivity contribution in [1.29, 1.82) is 0 Å². The summed E-state index contributed by atoms with van der Waals surface area (Å²) in [5.41, 5.74) is -0.208. The summed E-state index contributed by atoms with van der Waals surface area (Å²) in [6, 6.07) is 0. The van der Waals surface area contributed by atoms with Crippen molar-refractivity contribution in [2.24, 2.45) is 11.3 Å². The van der Waals surface area contributed by atoms with Gasteiger partial charge < -0.3 is 0 Å². The molecule has 0 aromatic carbocycles. The van der Waals surface area contributed by atoms with Gasteiger partial charge in [-0.3, -0.25) is 9.78 Å². The summed E-state index contributed by atoms with van der Waals surface area (Å²) >= 11 is 0. The highest BCUT2D eigenvalue weighted by Gasteiger charge is 2.32. The first-order valence-corrected chi connectivity index (χ1v) is 5.59. The Bertz CT molecular complexity index is 261. The van der Waals surface area contributed by atoms with Crippen LogP contribution < -0.4 is 0 Å². The Labute approximate surface area is 101 Å². The van der Waals surface area contributed by atoms with Crippen molar-refractivity contribution in [1.82, 2.24) is 0 Å². The molecule has 0 fully saturated rings. The Kier molecular flexibility index (Phi) is 6.75. The molecule has 0 spiro atoms. The fourth-order valence-electron chi connectivity index (χ4n) is 0.856. The molecule has 0 radical (unpaired) electrons. The molecule has 0 heterocycles. The number of hydrogen-bond acceptors (Lipinski definition) is 6. The lowest BCUT2D eigenvalue weighted by atomic mass is 9.78. The van der Waals surface area contributed by atoms with Gasteiger partial charge in [-0.1, -0.05) is 41.0 Å². The first-order chi connectivity index (χ1) is 7.85. The van der Waals surface area contributed by atoms with E-state index in [1.54, 1.807) is 13.8 Å². The van der Waals surface area contributed by atoms with Crippen LogP contribution in [0, 0.1) is 11.3 Å². The molecule has 0 aliphatic rings. The quantitative estimate of drug-likeness (QED) is 0.391. The summed E-state index contributed by atoms with van der Waals surface area (Å²) < 4.78 is 0. The highest BCUT2D eigenvalue weighted by molar-refractivity contribution is 5.72. The van der Waals surface area contributed by atoms with Crippen LogP contribution in [0.5, 0.6) is 0 Å². The molecule has 0 saturated carbocycles. The van der Waals surface area contributed by atoms with E-state index in [9.17, 15) is 9.59 Å². The van der Waals surface area contributed by atoms with E-state index in [0.717, 1.165) is 6.42 Å². The van der Waals surface area contributed by atoms with Gasteiger partial charge >= 0.3 is 11.9 Å². The summed E-state index contributed by atoms with van der Waals surface area (Å²) in [6.45, 7) is 9.18. The van der Waals surface area contributed by atoms with Gasteiger partial charge in [0.05, 0.1) is 5.92 Å². The van der Waals surface area contributed by atoms with Crippen LogP contribution in [0.15, 0.2) is 0 Å². The van der Waals surface area contributed by atoms with E-state index in [1.807, 2.05) is 20.8 Å². The first-order valence-electron chi connectivity index (χ1n) is 5.59. The standard InChI is InChI=1S/C11H20O6/c1-6-9(12)14-16-17-15-10(13)8(3)11(4,5)7-2/h8H,6-7H2,1-5H3. The third-order valence-electron chi connectivity index (χ3n) is 3.00.